The van der Waals surface area contributed by atoms with Crippen LogP contribution in [0.1, 0.15) is 0 Å². The van der Waals surface area contributed by atoms with Crippen molar-refractivity contribution in [3.05, 3.63) is 244 Å². The Kier molecular flexibility index (Phi) is 14.6. The van der Waals surface area contributed by atoms with Crippen LogP contribution in [0.2, 0.25) is 0 Å². The van der Waals surface area contributed by atoms with E-state index in [1.807, 2.05) is 48.5 Å². The molecule has 2 N–H and O–H groups in total. The van der Waals surface area contributed by atoms with Gasteiger partial charge in [0.25, 0.3) is 0 Å². The predicted octanol–water partition coefficient (Wildman–Crippen LogP) is 16.2. The number of para-hydroxylation sites is 2. The molecule has 0 radical (unpaired) electrons. The predicted molar refractivity (Wildman–Crippen MR) is 310 cm³/mol. The average molecular weight is 1130 g/mol. The van der Waals surface area contributed by atoms with Crippen molar-refractivity contribution < 1.29 is 19.5 Å². The zero-order chi connectivity index (χ0) is 49.7. The van der Waals surface area contributed by atoms with Gasteiger partial charge in [0.1, 0.15) is 11.5 Å². The van der Waals surface area contributed by atoms with Crippen LogP contribution in [0.15, 0.2) is 244 Å². The van der Waals surface area contributed by atoms with Crippen molar-refractivity contribution in [1.29, 1.82) is 0 Å². The van der Waals surface area contributed by atoms with E-state index in [-0.39, 0.29) is 0 Å². The Morgan fingerprint density at radius 2 is 0.722 bits per heavy atom. The van der Waals surface area contributed by atoms with E-state index in [9.17, 15) is 10.0 Å². The number of halogens is 3. The highest BCUT2D eigenvalue weighted by Gasteiger charge is 2.19. The molecular weight excluding hydrogens is 1090 g/mol. The fourth-order valence-electron chi connectivity index (χ4n) is 9.35. The second kappa shape index (κ2) is 21.7. The molecule has 352 valence electrons. The second-order valence-corrected chi connectivity index (χ2v) is 19.8. The third-order valence-electron chi connectivity index (χ3n) is 12.7. The lowest BCUT2D eigenvalue weighted by atomic mass is 9.75. The molecule has 12 aromatic rings. The molecule has 2 heterocycles. The number of rotatable bonds is 8. The van der Waals surface area contributed by atoms with Gasteiger partial charge in [-0.2, -0.15) is 0 Å². The Hall–Kier alpha value is -7.18. The third kappa shape index (κ3) is 10.0. The molecule has 0 saturated heterocycles. The minimum atomic E-state index is -1.49. The van der Waals surface area contributed by atoms with Gasteiger partial charge in [-0.15, -0.1) is 0 Å². The maximum Gasteiger partial charge on any atom is 0.489 e. The van der Waals surface area contributed by atoms with Crippen LogP contribution in [-0.2, 0) is 0 Å². The largest absolute Gasteiger partial charge is 0.497 e. The van der Waals surface area contributed by atoms with E-state index in [0.717, 1.165) is 41.5 Å². The number of hydrogen-bond acceptors (Lipinski definition) is 4. The molecule has 0 aliphatic rings. The lowest BCUT2D eigenvalue weighted by molar-refractivity contribution is 0.414. The van der Waals surface area contributed by atoms with Crippen molar-refractivity contribution in [2.24, 2.45) is 0 Å². The van der Waals surface area contributed by atoms with Gasteiger partial charge in [0.05, 0.1) is 36.3 Å². The number of aromatic nitrogens is 2. The number of methoxy groups -OCH3 is 2. The summed E-state index contributed by atoms with van der Waals surface area (Å²) < 4.78 is 18.6. The molecule has 12 rings (SSSR count). The van der Waals surface area contributed by atoms with Gasteiger partial charge in [0.15, 0.2) is 0 Å². The summed E-state index contributed by atoms with van der Waals surface area (Å²) in [6.45, 7) is 0. The van der Waals surface area contributed by atoms with E-state index in [1.54, 1.807) is 32.4 Å². The molecule has 0 spiro atoms. The summed E-state index contributed by atoms with van der Waals surface area (Å²) in [5.41, 5.74) is 14.0. The highest BCUT2D eigenvalue weighted by molar-refractivity contribution is 9.11. The summed E-state index contributed by atoms with van der Waals surface area (Å²) in [6, 6.07) is 78.8. The maximum atomic E-state index is 9.34. The van der Waals surface area contributed by atoms with Crippen LogP contribution in [0.5, 0.6) is 11.5 Å². The Morgan fingerprint density at radius 1 is 0.347 bits per heavy atom. The molecule has 0 atom stereocenters. The molecule has 0 fully saturated rings. The summed E-state index contributed by atoms with van der Waals surface area (Å²) in [7, 11) is 1.81. The summed E-state index contributed by atoms with van der Waals surface area (Å²) in [4.78, 5) is 0. The first kappa shape index (κ1) is 48.5. The summed E-state index contributed by atoms with van der Waals surface area (Å²) in [6.07, 6.45) is 0. The minimum absolute atomic E-state index is 0.469. The highest BCUT2D eigenvalue weighted by atomic mass is 79.9. The Balaban J connectivity index is 0.000000134. The smallest absolute Gasteiger partial charge is 0.489 e. The summed E-state index contributed by atoms with van der Waals surface area (Å²) >= 11 is 10.8. The van der Waals surface area contributed by atoms with Gasteiger partial charge in [-0.1, -0.05) is 187 Å². The molecule has 2 aromatic heterocycles. The molecule has 0 saturated carbocycles. The average Bonchev–Trinajstić information content (AvgIpc) is 3.92. The quantitative estimate of drug-likeness (QED) is 0.149. The minimum Gasteiger partial charge on any atom is -0.497 e. The Morgan fingerprint density at radius 3 is 1.15 bits per heavy atom. The number of benzene rings is 10. The molecule has 0 unspecified atom stereocenters. The van der Waals surface area contributed by atoms with Crippen molar-refractivity contribution in [2.75, 3.05) is 14.2 Å². The first-order valence-electron chi connectivity index (χ1n) is 23.3. The Labute approximate surface area is 443 Å². The van der Waals surface area contributed by atoms with Crippen molar-refractivity contribution in [2.45, 2.75) is 0 Å². The summed E-state index contributed by atoms with van der Waals surface area (Å²) in [5, 5.41) is 23.7. The van der Waals surface area contributed by atoms with Gasteiger partial charge in [-0.3, -0.25) is 0 Å². The van der Waals surface area contributed by atoms with Gasteiger partial charge in [0, 0.05) is 46.3 Å². The molecule has 0 bridgehead atoms. The van der Waals surface area contributed by atoms with Crippen LogP contribution in [0.25, 0.3) is 88.4 Å². The van der Waals surface area contributed by atoms with E-state index >= 15 is 0 Å². The van der Waals surface area contributed by atoms with E-state index in [2.05, 4.69) is 221 Å². The Bertz CT molecular complexity index is 3790. The van der Waals surface area contributed by atoms with Crippen LogP contribution >= 0.6 is 47.8 Å². The lowest BCUT2D eigenvalue weighted by Gasteiger charge is -2.13. The second-order valence-electron chi connectivity index (χ2n) is 17.0. The first-order chi connectivity index (χ1) is 35.2. The lowest BCUT2D eigenvalue weighted by Crippen LogP contribution is -2.31. The maximum absolute atomic E-state index is 9.34. The van der Waals surface area contributed by atoms with Crippen LogP contribution in [0, 0.1) is 0 Å². The van der Waals surface area contributed by atoms with Crippen molar-refractivity contribution in [1.82, 2.24) is 9.13 Å². The fourth-order valence-corrected chi connectivity index (χ4v) is 10.4. The molecule has 0 amide bonds. The van der Waals surface area contributed by atoms with Crippen molar-refractivity contribution >= 4 is 104 Å². The zero-order valence-electron chi connectivity index (χ0n) is 39.3. The molecule has 0 aliphatic carbocycles. The molecular formula is C62H46BBr3N2O4. The number of hydrogen-bond donors (Lipinski definition) is 2. The molecule has 10 heteroatoms. The number of fused-ring (bicyclic) bond motifs is 6. The van der Waals surface area contributed by atoms with Gasteiger partial charge in [-0.25, -0.2) is 0 Å². The monoisotopic (exact) mass is 1130 g/mol. The van der Waals surface area contributed by atoms with Crippen molar-refractivity contribution in [3.63, 3.8) is 0 Å². The van der Waals surface area contributed by atoms with Gasteiger partial charge in [-0.05, 0) is 130 Å². The molecule has 10 aromatic carbocycles. The third-order valence-corrected chi connectivity index (χ3v) is 14.2. The first-order valence-corrected chi connectivity index (χ1v) is 25.6. The van der Waals surface area contributed by atoms with E-state index < -0.39 is 7.12 Å². The van der Waals surface area contributed by atoms with E-state index in [4.69, 9.17) is 9.47 Å². The number of ether oxygens (including phenoxy) is 2. The van der Waals surface area contributed by atoms with Crippen LogP contribution in [0.4, 0.5) is 0 Å². The molecule has 6 nitrogen and oxygen atoms in total. The SMILES string of the molecule is Brc1ccc2c3ccc(Br)cc3n(-c3ccccc3)c2c1.COc1ccc(-c2ccc3c4ccc(Br)cc4n(-c4ccccc4)c3c2)c(-c2ccccc2)c1.COc1ccc(B(O)O)c(-c2ccccc2)c1. The highest BCUT2D eigenvalue weighted by Crippen LogP contribution is 2.40. The standard InChI is InChI=1S/C31H22BrNO.C18H11Br2N.C13H13BO3/c1-34-25-14-17-26(29(20-25)21-8-4-2-5-9-21)22-12-15-27-28-16-13-23(32)19-31(28)33(30(27)18-22)24-10-6-3-7-11-24;19-12-6-8-15-16-9-7-13(20)11-18(16)21(17(15)10-12)14-4-2-1-3-5-14;1-17-11-7-8-13(14(15)16)12(9-11)10-5-3-2-4-6-10/h2-20H,1H3;1-11H;2-9,15-16H,1H3. The van der Waals surface area contributed by atoms with Gasteiger partial charge < -0.3 is 28.7 Å². The zero-order valence-corrected chi connectivity index (χ0v) is 44.0. The van der Waals surface area contributed by atoms with Crippen LogP contribution < -0.4 is 14.9 Å². The normalized spacial score (nSPS) is 11.0. The topological polar surface area (TPSA) is 68.8 Å². The van der Waals surface area contributed by atoms with Gasteiger partial charge >= 0.3 is 7.12 Å². The summed E-state index contributed by atoms with van der Waals surface area (Å²) in [5.74, 6) is 1.54. The van der Waals surface area contributed by atoms with Crippen LogP contribution in [-0.4, -0.2) is 40.5 Å². The molecule has 72 heavy (non-hydrogen) atoms. The van der Waals surface area contributed by atoms with E-state index in [1.165, 1.54) is 66.0 Å². The van der Waals surface area contributed by atoms with E-state index in [0.29, 0.717) is 11.2 Å². The number of nitrogens with zero attached hydrogens (tertiary/aromatic N) is 2. The fraction of sp³-hybridized carbons (Fsp3) is 0.0323. The molecule has 0 aliphatic heterocycles. The van der Waals surface area contributed by atoms with Crippen LogP contribution in [0.3, 0.4) is 0 Å². The van der Waals surface area contributed by atoms with Crippen molar-refractivity contribution in [3.8, 4) is 56.3 Å². The van der Waals surface area contributed by atoms with Gasteiger partial charge in [0.2, 0.25) is 0 Å².